The number of hydrogen-bond acceptors (Lipinski definition) is 5. The second-order valence-electron chi connectivity index (χ2n) is 5.05. The Kier molecular flexibility index (Phi) is 2.68. The van der Waals surface area contributed by atoms with Crippen molar-refractivity contribution in [3.05, 3.63) is 42.5 Å². The van der Waals surface area contributed by atoms with E-state index in [0.29, 0.717) is 5.89 Å². The molecule has 5 heteroatoms. The molecule has 0 saturated carbocycles. The molecule has 0 spiro atoms. The van der Waals surface area contributed by atoms with Gasteiger partial charge in [-0.25, -0.2) is 9.97 Å². The predicted molar refractivity (Wildman–Crippen MR) is 87.0 cm³/mol. The van der Waals surface area contributed by atoms with Crippen molar-refractivity contribution in [2.45, 2.75) is 0 Å². The molecule has 0 unspecified atom stereocenters. The summed E-state index contributed by atoms with van der Waals surface area (Å²) in [6.45, 7) is 0. The van der Waals surface area contributed by atoms with Crippen LogP contribution in [0.5, 0.6) is 0 Å². The van der Waals surface area contributed by atoms with Gasteiger partial charge in [-0.05, 0) is 30.3 Å². The van der Waals surface area contributed by atoms with Crippen LogP contribution in [-0.2, 0) is 0 Å². The van der Waals surface area contributed by atoms with Gasteiger partial charge in [0.05, 0.1) is 10.2 Å². The van der Waals surface area contributed by atoms with Crippen molar-refractivity contribution >= 4 is 38.3 Å². The van der Waals surface area contributed by atoms with Gasteiger partial charge in [0.25, 0.3) is 5.89 Å². The second kappa shape index (κ2) is 4.56. The summed E-state index contributed by atoms with van der Waals surface area (Å²) in [5.74, 6) is 0.587. The van der Waals surface area contributed by atoms with Crippen LogP contribution in [-0.4, -0.2) is 24.1 Å². The lowest BCUT2D eigenvalue weighted by molar-refractivity contribution is 0.619. The van der Waals surface area contributed by atoms with Crippen molar-refractivity contribution in [1.29, 1.82) is 0 Å². The van der Waals surface area contributed by atoms with Crippen LogP contribution in [0, 0.1) is 0 Å². The Hall–Kier alpha value is -2.40. The van der Waals surface area contributed by atoms with Crippen LogP contribution in [0.4, 0.5) is 5.69 Å². The summed E-state index contributed by atoms with van der Waals surface area (Å²) in [4.78, 5) is 11.2. The highest BCUT2D eigenvalue weighted by molar-refractivity contribution is 7.21. The normalized spacial score (nSPS) is 11.3. The van der Waals surface area contributed by atoms with E-state index in [1.165, 1.54) is 0 Å². The Bertz CT molecular complexity index is 906. The highest BCUT2D eigenvalue weighted by Crippen LogP contribution is 2.33. The van der Waals surface area contributed by atoms with E-state index in [1.54, 1.807) is 11.3 Å². The summed E-state index contributed by atoms with van der Waals surface area (Å²) in [5.41, 5.74) is 3.77. The molecule has 104 valence electrons. The maximum atomic E-state index is 5.79. The minimum Gasteiger partial charge on any atom is -0.434 e. The molecule has 2 heterocycles. The van der Waals surface area contributed by atoms with Crippen LogP contribution in [0.15, 0.2) is 46.9 Å². The van der Waals surface area contributed by atoms with Crippen LogP contribution in [0.25, 0.3) is 32.2 Å². The van der Waals surface area contributed by atoms with E-state index in [4.69, 9.17) is 4.42 Å². The fraction of sp³-hybridized carbons (Fsp3) is 0.125. The summed E-state index contributed by atoms with van der Waals surface area (Å²) in [7, 11) is 4.05. The SMILES string of the molecule is CN(C)c1ccc2sc(-c3nc4ccccc4o3)nc2c1. The summed E-state index contributed by atoms with van der Waals surface area (Å²) < 4.78 is 6.92. The van der Waals surface area contributed by atoms with Crippen molar-refractivity contribution in [3.63, 3.8) is 0 Å². The molecule has 0 N–H and O–H groups in total. The smallest absolute Gasteiger partial charge is 0.256 e. The molecule has 21 heavy (non-hydrogen) atoms. The third kappa shape index (κ3) is 2.06. The molecule has 0 bridgehead atoms. The summed E-state index contributed by atoms with van der Waals surface area (Å²) >= 11 is 1.60. The monoisotopic (exact) mass is 295 g/mol. The van der Waals surface area contributed by atoms with Gasteiger partial charge in [-0.3, -0.25) is 0 Å². The average molecular weight is 295 g/mol. The fourth-order valence-electron chi connectivity index (χ4n) is 2.25. The molecule has 4 aromatic rings. The Morgan fingerprint density at radius 3 is 2.67 bits per heavy atom. The molecular formula is C16H13N3OS. The van der Waals surface area contributed by atoms with Crippen LogP contribution in [0.2, 0.25) is 0 Å². The van der Waals surface area contributed by atoms with Crippen molar-refractivity contribution in [3.8, 4) is 10.9 Å². The van der Waals surface area contributed by atoms with Crippen LogP contribution in [0.3, 0.4) is 0 Å². The lowest BCUT2D eigenvalue weighted by Crippen LogP contribution is -2.07. The van der Waals surface area contributed by atoms with Gasteiger partial charge in [-0.2, -0.15) is 0 Å². The van der Waals surface area contributed by atoms with Crippen LogP contribution < -0.4 is 4.90 Å². The number of nitrogens with zero attached hydrogens (tertiary/aromatic N) is 3. The first-order valence-corrected chi connectivity index (χ1v) is 7.46. The maximum Gasteiger partial charge on any atom is 0.256 e. The Labute approximate surface area is 125 Å². The molecular weight excluding hydrogens is 282 g/mol. The minimum atomic E-state index is 0.587. The van der Waals surface area contributed by atoms with Gasteiger partial charge in [-0.1, -0.05) is 12.1 Å². The van der Waals surface area contributed by atoms with Gasteiger partial charge in [0.15, 0.2) is 10.6 Å². The van der Waals surface area contributed by atoms with E-state index < -0.39 is 0 Å². The molecule has 0 aliphatic rings. The largest absolute Gasteiger partial charge is 0.434 e. The van der Waals surface area contributed by atoms with Gasteiger partial charge in [0, 0.05) is 19.8 Å². The zero-order valence-corrected chi connectivity index (χ0v) is 12.5. The highest BCUT2D eigenvalue weighted by atomic mass is 32.1. The van der Waals surface area contributed by atoms with E-state index in [1.807, 2.05) is 38.4 Å². The third-order valence-corrected chi connectivity index (χ3v) is 4.39. The number of thiazole rings is 1. The van der Waals surface area contributed by atoms with E-state index >= 15 is 0 Å². The van der Waals surface area contributed by atoms with Crippen molar-refractivity contribution in [2.75, 3.05) is 19.0 Å². The lowest BCUT2D eigenvalue weighted by atomic mass is 10.3. The highest BCUT2D eigenvalue weighted by Gasteiger charge is 2.13. The minimum absolute atomic E-state index is 0.587. The third-order valence-electron chi connectivity index (χ3n) is 3.36. The summed E-state index contributed by atoms with van der Waals surface area (Å²) in [6, 6.07) is 14.0. The zero-order chi connectivity index (χ0) is 14.4. The number of benzene rings is 2. The quantitative estimate of drug-likeness (QED) is 0.556. The first-order valence-electron chi connectivity index (χ1n) is 6.64. The fourth-order valence-corrected chi connectivity index (χ4v) is 3.12. The van der Waals surface area contributed by atoms with E-state index in [0.717, 1.165) is 32.0 Å². The van der Waals surface area contributed by atoms with Gasteiger partial charge in [-0.15, -0.1) is 11.3 Å². The number of fused-ring (bicyclic) bond motifs is 2. The van der Waals surface area contributed by atoms with E-state index in [-0.39, 0.29) is 0 Å². The number of para-hydroxylation sites is 2. The predicted octanol–water partition coefficient (Wildman–Crippen LogP) is 4.17. The number of oxazole rings is 1. The topological polar surface area (TPSA) is 42.2 Å². The van der Waals surface area contributed by atoms with Crippen molar-refractivity contribution in [2.24, 2.45) is 0 Å². The van der Waals surface area contributed by atoms with Crippen molar-refractivity contribution in [1.82, 2.24) is 9.97 Å². The van der Waals surface area contributed by atoms with Crippen LogP contribution >= 0.6 is 11.3 Å². The van der Waals surface area contributed by atoms with Gasteiger partial charge >= 0.3 is 0 Å². The van der Waals surface area contributed by atoms with Crippen LogP contribution in [0.1, 0.15) is 0 Å². The summed E-state index contributed by atoms with van der Waals surface area (Å²) in [6.07, 6.45) is 0. The first-order chi connectivity index (χ1) is 10.2. The number of rotatable bonds is 2. The second-order valence-corrected chi connectivity index (χ2v) is 6.08. The molecule has 0 aliphatic heterocycles. The molecule has 0 amide bonds. The molecule has 2 aromatic heterocycles. The summed E-state index contributed by atoms with van der Waals surface area (Å²) in [5, 5.41) is 0.817. The lowest BCUT2D eigenvalue weighted by Gasteiger charge is -2.11. The van der Waals surface area contributed by atoms with Gasteiger partial charge in [0.1, 0.15) is 5.52 Å². The van der Waals surface area contributed by atoms with Gasteiger partial charge < -0.3 is 9.32 Å². The first kappa shape index (κ1) is 12.3. The van der Waals surface area contributed by atoms with E-state index in [2.05, 4.69) is 33.1 Å². The number of hydrogen-bond donors (Lipinski definition) is 0. The molecule has 2 aromatic carbocycles. The van der Waals surface area contributed by atoms with Gasteiger partial charge in [0.2, 0.25) is 0 Å². The Morgan fingerprint density at radius 2 is 1.86 bits per heavy atom. The molecule has 0 saturated heterocycles. The zero-order valence-electron chi connectivity index (χ0n) is 11.7. The molecule has 0 atom stereocenters. The number of aromatic nitrogens is 2. The molecule has 0 fully saturated rings. The molecule has 0 aliphatic carbocycles. The average Bonchev–Trinajstić information content (AvgIpc) is 3.09. The molecule has 0 radical (unpaired) electrons. The Morgan fingerprint density at radius 1 is 1.00 bits per heavy atom. The molecule has 4 rings (SSSR count). The van der Waals surface area contributed by atoms with E-state index in [9.17, 15) is 0 Å². The van der Waals surface area contributed by atoms with Crippen molar-refractivity contribution < 1.29 is 4.42 Å². The Balaban J connectivity index is 1.86. The standard InChI is InChI=1S/C16H13N3OS/c1-19(2)10-7-8-14-12(9-10)18-16(21-14)15-17-11-5-3-4-6-13(11)20-15/h3-9H,1-2H3. The molecule has 4 nitrogen and oxygen atoms in total. The number of anilines is 1. The maximum absolute atomic E-state index is 5.79.